The zero-order valence-electron chi connectivity index (χ0n) is 10.3. The number of nitrogens with zero attached hydrogens (tertiary/aromatic N) is 3. The van der Waals surface area contributed by atoms with E-state index in [1.165, 1.54) is 6.20 Å². The van der Waals surface area contributed by atoms with E-state index in [0.717, 1.165) is 5.56 Å². The van der Waals surface area contributed by atoms with E-state index in [-0.39, 0.29) is 11.4 Å². The Morgan fingerprint density at radius 1 is 1.32 bits per heavy atom. The summed E-state index contributed by atoms with van der Waals surface area (Å²) >= 11 is 0. The highest BCUT2D eigenvalue weighted by Gasteiger charge is 2.09. The summed E-state index contributed by atoms with van der Waals surface area (Å²) < 4.78 is 4.97. The first-order valence-corrected chi connectivity index (χ1v) is 5.50. The Morgan fingerprint density at radius 2 is 2.11 bits per heavy atom. The number of hydrogen-bond acceptors (Lipinski definition) is 6. The SMILES string of the molecule is COc1ccc(Cc2ncc(C(N)=O)c(N)n2)cn1. The molecule has 0 fully saturated rings. The number of rotatable bonds is 4. The third kappa shape index (κ3) is 2.95. The number of anilines is 1. The van der Waals surface area contributed by atoms with E-state index in [2.05, 4.69) is 15.0 Å². The Kier molecular flexibility index (Phi) is 3.56. The molecule has 1 amide bonds. The number of primary amides is 1. The number of carbonyl (C=O) groups is 1. The van der Waals surface area contributed by atoms with Crippen LogP contribution in [-0.4, -0.2) is 28.0 Å². The van der Waals surface area contributed by atoms with Crippen LogP contribution in [0, 0.1) is 0 Å². The van der Waals surface area contributed by atoms with Crippen LogP contribution in [0.5, 0.6) is 5.88 Å². The molecule has 4 N–H and O–H groups in total. The molecule has 0 saturated carbocycles. The topological polar surface area (TPSA) is 117 Å². The lowest BCUT2D eigenvalue weighted by molar-refractivity contribution is 0.100. The van der Waals surface area contributed by atoms with Gasteiger partial charge in [0.05, 0.1) is 12.7 Å². The summed E-state index contributed by atoms with van der Waals surface area (Å²) in [7, 11) is 1.55. The van der Waals surface area contributed by atoms with Crippen LogP contribution >= 0.6 is 0 Å². The van der Waals surface area contributed by atoms with Gasteiger partial charge in [-0.1, -0.05) is 6.07 Å². The van der Waals surface area contributed by atoms with Crippen LogP contribution in [-0.2, 0) is 6.42 Å². The van der Waals surface area contributed by atoms with Crippen LogP contribution in [0.25, 0.3) is 0 Å². The lowest BCUT2D eigenvalue weighted by Gasteiger charge is -2.04. The normalized spacial score (nSPS) is 10.2. The number of pyridine rings is 1. The van der Waals surface area contributed by atoms with Crippen LogP contribution in [0.15, 0.2) is 24.5 Å². The molecule has 7 heteroatoms. The second-order valence-corrected chi connectivity index (χ2v) is 3.83. The number of methoxy groups -OCH3 is 1. The minimum Gasteiger partial charge on any atom is -0.481 e. The van der Waals surface area contributed by atoms with Crippen molar-refractivity contribution in [1.82, 2.24) is 15.0 Å². The molecular formula is C12H13N5O2. The van der Waals surface area contributed by atoms with Crippen LogP contribution in [0.1, 0.15) is 21.7 Å². The zero-order valence-corrected chi connectivity index (χ0v) is 10.3. The summed E-state index contributed by atoms with van der Waals surface area (Å²) in [5.41, 5.74) is 11.8. The minimum absolute atomic E-state index is 0.0824. The van der Waals surface area contributed by atoms with Crippen LogP contribution < -0.4 is 16.2 Å². The van der Waals surface area contributed by atoms with E-state index in [0.29, 0.717) is 18.1 Å². The van der Waals surface area contributed by atoms with E-state index < -0.39 is 5.91 Å². The molecule has 7 nitrogen and oxygen atoms in total. The van der Waals surface area contributed by atoms with Crippen LogP contribution in [0.4, 0.5) is 5.82 Å². The molecule has 0 aliphatic heterocycles. The molecule has 0 unspecified atom stereocenters. The first kappa shape index (κ1) is 12.7. The predicted molar refractivity (Wildman–Crippen MR) is 68.6 cm³/mol. The number of hydrogen-bond donors (Lipinski definition) is 2. The highest BCUT2D eigenvalue weighted by atomic mass is 16.5. The Morgan fingerprint density at radius 3 is 2.63 bits per heavy atom. The fourth-order valence-corrected chi connectivity index (χ4v) is 1.53. The third-order valence-electron chi connectivity index (χ3n) is 2.50. The number of aromatic nitrogens is 3. The summed E-state index contributed by atoms with van der Waals surface area (Å²) in [6, 6.07) is 3.60. The molecule has 0 bridgehead atoms. The average molecular weight is 259 g/mol. The van der Waals surface area contributed by atoms with E-state index in [1.54, 1.807) is 19.4 Å². The largest absolute Gasteiger partial charge is 0.481 e. The second kappa shape index (κ2) is 5.30. The van der Waals surface area contributed by atoms with Crippen molar-refractivity contribution >= 4 is 11.7 Å². The number of carbonyl (C=O) groups excluding carboxylic acids is 1. The molecule has 2 heterocycles. The van der Waals surface area contributed by atoms with Crippen molar-refractivity contribution in [3.8, 4) is 5.88 Å². The fraction of sp³-hybridized carbons (Fsp3) is 0.167. The zero-order chi connectivity index (χ0) is 13.8. The quantitative estimate of drug-likeness (QED) is 0.807. The van der Waals surface area contributed by atoms with Crippen LogP contribution in [0.2, 0.25) is 0 Å². The Hall–Kier alpha value is -2.70. The van der Waals surface area contributed by atoms with Gasteiger partial charge in [0.15, 0.2) is 0 Å². The molecule has 0 aromatic carbocycles. The predicted octanol–water partition coefficient (Wildman–Crippen LogP) is 0.152. The lowest BCUT2D eigenvalue weighted by atomic mass is 10.2. The maximum Gasteiger partial charge on any atom is 0.254 e. The molecule has 0 saturated heterocycles. The molecule has 19 heavy (non-hydrogen) atoms. The standard InChI is InChI=1S/C12H13N5O2/c1-19-10-3-2-7(5-16-10)4-9-15-6-8(12(14)18)11(13)17-9/h2-3,5-6H,4H2,1H3,(H2,14,18)(H2,13,15,17). The van der Waals surface area contributed by atoms with Crippen LogP contribution in [0.3, 0.4) is 0 Å². The molecule has 2 rings (SSSR count). The van der Waals surface area contributed by atoms with Gasteiger partial charge in [-0.2, -0.15) is 0 Å². The molecule has 0 radical (unpaired) electrons. The number of nitrogen functional groups attached to an aromatic ring is 1. The summed E-state index contributed by atoms with van der Waals surface area (Å²) in [5.74, 6) is 0.469. The van der Waals surface area contributed by atoms with Gasteiger partial charge in [0, 0.05) is 24.9 Å². The number of ether oxygens (including phenoxy) is 1. The molecule has 0 aliphatic rings. The van der Waals surface area contributed by atoms with E-state index in [4.69, 9.17) is 16.2 Å². The average Bonchev–Trinajstić information content (AvgIpc) is 2.39. The highest BCUT2D eigenvalue weighted by Crippen LogP contribution is 2.12. The van der Waals surface area contributed by atoms with Gasteiger partial charge < -0.3 is 16.2 Å². The van der Waals surface area contributed by atoms with Gasteiger partial charge in [-0.05, 0) is 5.56 Å². The van der Waals surface area contributed by atoms with Gasteiger partial charge in [0.25, 0.3) is 5.91 Å². The van der Waals surface area contributed by atoms with Crippen molar-refractivity contribution in [3.63, 3.8) is 0 Å². The van der Waals surface area contributed by atoms with Gasteiger partial charge >= 0.3 is 0 Å². The van der Waals surface area contributed by atoms with Crippen molar-refractivity contribution in [3.05, 3.63) is 41.5 Å². The van der Waals surface area contributed by atoms with Crippen molar-refractivity contribution in [2.45, 2.75) is 6.42 Å². The van der Waals surface area contributed by atoms with Gasteiger partial charge in [-0.15, -0.1) is 0 Å². The molecule has 0 aliphatic carbocycles. The molecule has 98 valence electrons. The van der Waals surface area contributed by atoms with Crippen molar-refractivity contribution in [2.75, 3.05) is 12.8 Å². The molecular weight excluding hydrogens is 246 g/mol. The van der Waals surface area contributed by atoms with Gasteiger partial charge in [0.1, 0.15) is 11.6 Å². The molecule has 2 aromatic heterocycles. The monoisotopic (exact) mass is 259 g/mol. The Balaban J connectivity index is 2.18. The summed E-state index contributed by atoms with van der Waals surface area (Å²) in [6.45, 7) is 0. The van der Waals surface area contributed by atoms with E-state index in [9.17, 15) is 4.79 Å². The first-order valence-electron chi connectivity index (χ1n) is 5.50. The first-order chi connectivity index (χ1) is 9.10. The van der Waals surface area contributed by atoms with E-state index >= 15 is 0 Å². The highest BCUT2D eigenvalue weighted by molar-refractivity contribution is 5.96. The Labute approximate surface area is 109 Å². The van der Waals surface area contributed by atoms with E-state index in [1.807, 2.05) is 6.07 Å². The number of nitrogens with two attached hydrogens (primary N) is 2. The molecule has 0 atom stereocenters. The van der Waals surface area contributed by atoms with Crippen molar-refractivity contribution < 1.29 is 9.53 Å². The Bertz CT molecular complexity index is 598. The third-order valence-corrected chi connectivity index (χ3v) is 2.50. The van der Waals surface area contributed by atoms with Gasteiger partial charge in [-0.25, -0.2) is 15.0 Å². The summed E-state index contributed by atoms with van der Waals surface area (Å²) in [5, 5.41) is 0. The summed E-state index contributed by atoms with van der Waals surface area (Å²) in [4.78, 5) is 23.2. The smallest absolute Gasteiger partial charge is 0.254 e. The maximum absolute atomic E-state index is 11.0. The molecule has 2 aromatic rings. The molecule has 0 spiro atoms. The maximum atomic E-state index is 11.0. The fourth-order valence-electron chi connectivity index (χ4n) is 1.53. The summed E-state index contributed by atoms with van der Waals surface area (Å²) in [6.07, 6.45) is 3.46. The minimum atomic E-state index is -0.643. The van der Waals surface area contributed by atoms with Gasteiger partial charge in [0.2, 0.25) is 5.88 Å². The van der Waals surface area contributed by atoms with Crippen molar-refractivity contribution in [1.29, 1.82) is 0 Å². The second-order valence-electron chi connectivity index (χ2n) is 3.83. The lowest BCUT2D eigenvalue weighted by Crippen LogP contribution is -2.16. The van der Waals surface area contributed by atoms with Gasteiger partial charge in [-0.3, -0.25) is 4.79 Å². The van der Waals surface area contributed by atoms with Crippen molar-refractivity contribution in [2.24, 2.45) is 5.73 Å². The number of amides is 1.